The van der Waals surface area contributed by atoms with Crippen LogP contribution in [-0.2, 0) is 14.3 Å². The number of ether oxygens (including phenoxy) is 1. The van der Waals surface area contributed by atoms with E-state index in [-0.39, 0.29) is 36.8 Å². The van der Waals surface area contributed by atoms with E-state index in [4.69, 9.17) is 4.74 Å². The molecule has 0 saturated carbocycles. The number of rotatable bonds is 7. The van der Waals surface area contributed by atoms with Crippen molar-refractivity contribution in [3.8, 4) is 0 Å². The van der Waals surface area contributed by atoms with Crippen LogP contribution in [0.1, 0.15) is 50.4 Å². The molecule has 2 saturated heterocycles. The maximum Gasteiger partial charge on any atom is 0.257 e. The molecule has 2 unspecified atom stereocenters. The van der Waals surface area contributed by atoms with Crippen molar-refractivity contribution in [3.63, 3.8) is 0 Å². The van der Waals surface area contributed by atoms with Crippen LogP contribution < -0.4 is 10.2 Å². The summed E-state index contributed by atoms with van der Waals surface area (Å²) in [5, 5.41) is 2.97. The first-order chi connectivity index (χ1) is 15.3. The minimum absolute atomic E-state index is 0.0160. The third-order valence-electron chi connectivity index (χ3n) is 6.68. The molecule has 3 heterocycles. The SMILES string of the molecule is CC(C)CN1CCOC(CNC(=O)CCN2C(=O)c3ccccc3N3C(=O)CCC23C)C1. The Morgan fingerprint density at radius 3 is 2.84 bits per heavy atom. The summed E-state index contributed by atoms with van der Waals surface area (Å²) in [7, 11) is 0. The molecular weight excluding hydrogens is 408 g/mol. The second kappa shape index (κ2) is 9.19. The maximum atomic E-state index is 13.2. The van der Waals surface area contributed by atoms with Gasteiger partial charge in [0.15, 0.2) is 0 Å². The average Bonchev–Trinajstić information content (AvgIpc) is 3.07. The number of nitrogens with zero attached hydrogens (tertiary/aromatic N) is 3. The number of fused-ring (bicyclic) bond motifs is 3. The summed E-state index contributed by atoms with van der Waals surface area (Å²) < 4.78 is 5.81. The Kier molecular flexibility index (Phi) is 6.53. The molecular formula is C24H34N4O4. The molecule has 2 fully saturated rings. The molecule has 3 amide bonds. The number of carbonyl (C=O) groups excluding carboxylic acids is 3. The van der Waals surface area contributed by atoms with Gasteiger partial charge in [-0.25, -0.2) is 0 Å². The van der Waals surface area contributed by atoms with Gasteiger partial charge in [-0.3, -0.25) is 24.2 Å². The van der Waals surface area contributed by atoms with Crippen molar-refractivity contribution in [1.29, 1.82) is 0 Å². The van der Waals surface area contributed by atoms with E-state index < -0.39 is 5.66 Å². The van der Waals surface area contributed by atoms with Crippen LogP contribution in [0.15, 0.2) is 24.3 Å². The zero-order chi connectivity index (χ0) is 22.9. The highest BCUT2D eigenvalue weighted by molar-refractivity contribution is 6.10. The van der Waals surface area contributed by atoms with Gasteiger partial charge in [0.05, 0.1) is 24.0 Å². The molecule has 1 N–H and O–H groups in total. The molecule has 8 nitrogen and oxygen atoms in total. The van der Waals surface area contributed by atoms with Crippen LogP contribution >= 0.6 is 0 Å². The lowest BCUT2D eigenvalue weighted by Gasteiger charge is -2.48. The fourth-order valence-electron chi connectivity index (χ4n) is 5.16. The Labute approximate surface area is 189 Å². The van der Waals surface area contributed by atoms with Gasteiger partial charge >= 0.3 is 0 Å². The maximum absolute atomic E-state index is 13.2. The van der Waals surface area contributed by atoms with Gasteiger partial charge in [-0.15, -0.1) is 0 Å². The predicted molar refractivity (Wildman–Crippen MR) is 121 cm³/mol. The number of hydrogen-bond acceptors (Lipinski definition) is 5. The van der Waals surface area contributed by atoms with E-state index in [1.807, 2.05) is 19.1 Å². The molecule has 174 valence electrons. The van der Waals surface area contributed by atoms with E-state index in [2.05, 4.69) is 24.1 Å². The van der Waals surface area contributed by atoms with Gasteiger partial charge in [0.1, 0.15) is 5.66 Å². The molecule has 1 aromatic rings. The number of amides is 3. The summed E-state index contributed by atoms with van der Waals surface area (Å²) in [4.78, 5) is 44.3. The average molecular weight is 443 g/mol. The van der Waals surface area contributed by atoms with E-state index in [0.29, 0.717) is 43.2 Å². The molecule has 4 rings (SSSR count). The van der Waals surface area contributed by atoms with Crippen molar-refractivity contribution < 1.29 is 19.1 Å². The Bertz CT molecular complexity index is 889. The summed E-state index contributed by atoms with van der Waals surface area (Å²) >= 11 is 0. The molecule has 0 spiro atoms. The van der Waals surface area contributed by atoms with Crippen molar-refractivity contribution in [3.05, 3.63) is 29.8 Å². The second-order valence-electron chi connectivity index (χ2n) is 9.62. The van der Waals surface area contributed by atoms with Crippen LogP contribution in [0, 0.1) is 5.92 Å². The molecule has 32 heavy (non-hydrogen) atoms. The Hall–Kier alpha value is -2.45. The first kappa shape index (κ1) is 22.7. The van der Waals surface area contributed by atoms with Gasteiger partial charge in [0, 0.05) is 45.6 Å². The number of hydrogen-bond donors (Lipinski definition) is 1. The van der Waals surface area contributed by atoms with Crippen LogP contribution in [0.25, 0.3) is 0 Å². The second-order valence-corrected chi connectivity index (χ2v) is 9.62. The van der Waals surface area contributed by atoms with Crippen molar-refractivity contribution in [2.45, 2.75) is 51.8 Å². The lowest BCUT2D eigenvalue weighted by molar-refractivity contribution is -0.122. The van der Waals surface area contributed by atoms with Gasteiger partial charge in [-0.2, -0.15) is 0 Å². The van der Waals surface area contributed by atoms with Crippen LogP contribution in [0.3, 0.4) is 0 Å². The van der Waals surface area contributed by atoms with Gasteiger partial charge in [-0.1, -0.05) is 26.0 Å². The van der Waals surface area contributed by atoms with E-state index >= 15 is 0 Å². The zero-order valence-corrected chi connectivity index (χ0v) is 19.3. The van der Waals surface area contributed by atoms with Crippen LogP contribution in [-0.4, -0.2) is 78.6 Å². The Morgan fingerprint density at radius 2 is 2.06 bits per heavy atom. The van der Waals surface area contributed by atoms with Gasteiger partial charge < -0.3 is 15.0 Å². The predicted octanol–water partition coefficient (Wildman–Crippen LogP) is 1.85. The number of para-hydroxylation sites is 1. The minimum atomic E-state index is -0.730. The fourth-order valence-corrected chi connectivity index (χ4v) is 5.16. The largest absolute Gasteiger partial charge is 0.374 e. The van der Waals surface area contributed by atoms with E-state index in [1.165, 1.54) is 0 Å². The highest BCUT2D eigenvalue weighted by atomic mass is 16.5. The molecule has 2 atom stereocenters. The Balaban J connectivity index is 1.35. The van der Waals surface area contributed by atoms with E-state index in [1.54, 1.807) is 21.9 Å². The third-order valence-corrected chi connectivity index (χ3v) is 6.68. The first-order valence-corrected chi connectivity index (χ1v) is 11.6. The number of anilines is 1. The third kappa shape index (κ3) is 4.38. The smallest absolute Gasteiger partial charge is 0.257 e. The summed E-state index contributed by atoms with van der Waals surface area (Å²) in [6.45, 7) is 10.5. The van der Waals surface area contributed by atoms with Crippen molar-refractivity contribution in [2.75, 3.05) is 44.2 Å². The molecule has 1 aromatic carbocycles. The molecule has 0 aliphatic carbocycles. The number of morpholine rings is 1. The lowest BCUT2D eigenvalue weighted by Crippen LogP contribution is -2.62. The molecule has 3 aliphatic rings. The van der Waals surface area contributed by atoms with Crippen molar-refractivity contribution >= 4 is 23.4 Å². The topological polar surface area (TPSA) is 82.2 Å². The van der Waals surface area contributed by atoms with Gasteiger partial charge in [0.25, 0.3) is 5.91 Å². The summed E-state index contributed by atoms with van der Waals surface area (Å²) in [5.41, 5.74) is 0.456. The minimum Gasteiger partial charge on any atom is -0.374 e. The van der Waals surface area contributed by atoms with Crippen molar-refractivity contribution in [1.82, 2.24) is 15.1 Å². The summed E-state index contributed by atoms with van der Waals surface area (Å²) in [5.74, 6) is 0.378. The van der Waals surface area contributed by atoms with E-state index in [0.717, 1.165) is 19.6 Å². The fraction of sp³-hybridized carbons (Fsp3) is 0.625. The molecule has 0 aromatic heterocycles. The number of carbonyl (C=O) groups is 3. The standard InChI is InChI=1S/C24H34N4O4/c1-17(2)15-26-12-13-32-18(16-26)14-25-21(29)9-11-27-23(31)19-6-4-5-7-20(19)28-22(30)8-10-24(27,28)3/h4-7,17-18H,8-16H2,1-3H3,(H,25,29). The summed E-state index contributed by atoms with van der Waals surface area (Å²) in [6.07, 6.45) is 1.13. The van der Waals surface area contributed by atoms with Crippen LogP contribution in [0.2, 0.25) is 0 Å². The monoisotopic (exact) mass is 442 g/mol. The molecule has 8 heteroatoms. The van der Waals surface area contributed by atoms with Gasteiger partial charge in [-0.05, 0) is 31.4 Å². The zero-order valence-electron chi connectivity index (χ0n) is 19.3. The number of nitrogens with one attached hydrogen (secondary N) is 1. The van der Waals surface area contributed by atoms with Crippen LogP contribution in [0.5, 0.6) is 0 Å². The van der Waals surface area contributed by atoms with Gasteiger partial charge in [0.2, 0.25) is 11.8 Å². The quantitative estimate of drug-likeness (QED) is 0.697. The Morgan fingerprint density at radius 1 is 1.28 bits per heavy atom. The highest BCUT2D eigenvalue weighted by Crippen LogP contribution is 2.43. The lowest BCUT2D eigenvalue weighted by atomic mass is 9.98. The summed E-state index contributed by atoms with van der Waals surface area (Å²) in [6, 6.07) is 7.22. The molecule has 3 aliphatic heterocycles. The molecule has 0 radical (unpaired) electrons. The van der Waals surface area contributed by atoms with Crippen molar-refractivity contribution in [2.24, 2.45) is 5.92 Å². The first-order valence-electron chi connectivity index (χ1n) is 11.6. The van der Waals surface area contributed by atoms with E-state index in [9.17, 15) is 14.4 Å². The van der Waals surface area contributed by atoms with Crippen LogP contribution in [0.4, 0.5) is 5.69 Å². The molecule has 0 bridgehead atoms. The normalized spacial score (nSPS) is 25.8. The highest BCUT2D eigenvalue weighted by Gasteiger charge is 2.52. The number of benzene rings is 1.